The molecule has 0 unspecified atom stereocenters. The number of aryl methyl sites for hydroxylation is 1. The molecule has 0 aromatic heterocycles. The summed E-state index contributed by atoms with van der Waals surface area (Å²) in [6, 6.07) is 8.06. The van der Waals surface area contributed by atoms with Crippen LogP contribution < -0.4 is 0 Å². The van der Waals surface area contributed by atoms with Gasteiger partial charge in [0.15, 0.2) is 0 Å². The highest BCUT2D eigenvalue weighted by Gasteiger charge is 2.14. The van der Waals surface area contributed by atoms with E-state index in [1.807, 2.05) is 0 Å². The number of halogens is 3. The summed E-state index contributed by atoms with van der Waals surface area (Å²) < 4.78 is 41.0. The lowest BCUT2D eigenvalue weighted by atomic mass is 10.0. The minimum atomic E-state index is -0.837. The molecule has 96 valence electrons. The summed E-state index contributed by atoms with van der Waals surface area (Å²) in [6.45, 7) is 1.73. The average molecular weight is 261 g/mol. The van der Waals surface area contributed by atoms with Gasteiger partial charge >= 0.3 is 0 Å². The molecule has 2 aromatic carbocycles. The van der Waals surface area contributed by atoms with E-state index in [1.54, 1.807) is 19.1 Å². The Hall–Kier alpha value is -2.28. The van der Waals surface area contributed by atoms with E-state index < -0.39 is 17.5 Å². The highest BCUT2D eigenvalue weighted by atomic mass is 19.1. The summed E-state index contributed by atoms with van der Waals surface area (Å²) in [4.78, 5) is 0. The van der Waals surface area contributed by atoms with Gasteiger partial charge in [0.1, 0.15) is 17.5 Å². The van der Waals surface area contributed by atoms with Gasteiger partial charge in [0.05, 0.1) is 11.6 Å². The predicted octanol–water partition coefficient (Wildman–Crippen LogP) is 3.87. The summed E-state index contributed by atoms with van der Waals surface area (Å²) in [6.07, 6.45) is -0.185. The summed E-state index contributed by atoms with van der Waals surface area (Å²) in [7, 11) is 0. The zero-order valence-electron chi connectivity index (χ0n) is 10.2. The second-order valence-electron chi connectivity index (χ2n) is 4.30. The first-order valence-electron chi connectivity index (χ1n) is 5.64. The lowest BCUT2D eigenvalue weighted by molar-refractivity contribution is 0.555. The predicted molar refractivity (Wildman–Crippen MR) is 65.0 cm³/mol. The van der Waals surface area contributed by atoms with E-state index in [2.05, 4.69) is 0 Å². The fourth-order valence-corrected chi connectivity index (χ4v) is 1.82. The lowest BCUT2D eigenvalue weighted by Crippen LogP contribution is -2.01. The Labute approximate surface area is 108 Å². The number of nitrogens with zero attached hydrogens (tertiary/aromatic N) is 1. The smallest absolute Gasteiger partial charge is 0.130 e. The van der Waals surface area contributed by atoms with Gasteiger partial charge in [0.2, 0.25) is 0 Å². The molecule has 0 aliphatic carbocycles. The maximum Gasteiger partial charge on any atom is 0.130 e. The van der Waals surface area contributed by atoms with Crippen LogP contribution in [0.5, 0.6) is 0 Å². The van der Waals surface area contributed by atoms with Crippen LogP contribution in [0.3, 0.4) is 0 Å². The molecule has 0 heterocycles. The fraction of sp³-hybridized carbons (Fsp3) is 0.133. The van der Waals surface area contributed by atoms with Gasteiger partial charge in [-0.2, -0.15) is 5.26 Å². The molecule has 0 spiro atoms. The van der Waals surface area contributed by atoms with Crippen LogP contribution in [0.15, 0.2) is 30.3 Å². The van der Waals surface area contributed by atoms with Gasteiger partial charge in [-0.25, -0.2) is 13.2 Å². The maximum absolute atomic E-state index is 13.7. The number of benzene rings is 2. The van der Waals surface area contributed by atoms with Crippen molar-refractivity contribution in [3.63, 3.8) is 0 Å². The Morgan fingerprint density at radius 1 is 1.00 bits per heavy atom. The quantitative estimate of drug-likeness (QED) is 0.805. The lowest BCUT2D eigenvalue weighted by Gasteiger charge is -2.07. The highest BCUT2D eigenvalue weighted by Crippen LogP contribution is 2.21. The molecule has 2 aromatic rings. The van der Waals surface area contributed by atoms with E-state index in [0.717, 1.165) is 17.7 Å². The van der Waals surface area contributed by atoms with E-state index >= 15 is 0 Å². The van der Waals surface area contributed by atoms with Crippen molar-refractivity contribution in [1.29, 1.82) is 5.26 Å². The Kier molecular flexibility index (Phi) is 3.57. The molecule has 1 nitrogen and oxygen atoms in total. The third-order valence-electron chi connectivity index (χ3n) is 2.85. The van der Waals surface area contributed by atoms with Crippen LogP contribution in [0.25, 0.3) is 0 Å². The largest absolute Gasteiger partial charge is 0.207 e. The highest BCUT2D eigenvalue weighted by molar-refractivity contribution is 5.37. The molecule has 0 amide bonds. The van der Waals surface area contributed by atoms with E-state index in [1.165, 1.54) is 12.1 Å². The molecular weight excluding hydrogens is 251 g/mol. The van der Waals surface area contributed by atoms with Crippen LogP contribution in [0, 0.1) is 35.7 Å². The van der Waals surface area contributed by atoms with Crippen molar-refractivity contribution in [2.24, 2.45) is 0 Å². The molecule has 0 radical (unpaired) electrons. The minimum Gasteiger partial charge on any atom is -0.207 e. The van der Waals surface area contributed by atoms with Crippen LogP contribution in [-0.4, -0.2) is 0 Å². The Bertz CT molecular complexity index is 649. The van der Waals surface area contributed by atoms with Crippen LogP contribution in [0.2, 0.25) is 0 Å². The van der Waals surface area contributed by atoms with E-state index in [0.29, 0.717) is 0 Å². The molecule has 2 rings (SSSR count). The molecule has 0 aliphatic heterocycles. The average Bonchev–Trinajstić information content (AvgIpc) is 2.35. The van der Waals surface area contributed by atoms with Crippen LogP contribution in [0.4, 0.5) is 13.2 Å². The van der Waals surface area contributed by atoms with Crippen LogP contribution in [-0.2, 0) is 6.42 Å². The second-order valence-corrected chi connectivity index (χ2v) is 4.30. The van der Waals surface area contributed by atoms with Crippen molar-refractivity contribution in [2.75, 3.05) is 0 Å². The van der Waals surface area contributed by atoms with Crippen molar-refractivity contribution in [2.45, 2.75) is 13.3 Å². The zero-order chi connectivity index (χ0) is 14.0. The fourth-order valence-electron chi connectivity index (χ4n) is 1.82. The molecule has 0 atom stereocenters. The SMILES string of the molecule is Cc1ccc(Cc2c(F)cc(C#N)cc2F)c(F)c1. The molecule has 0 aliphatic rings. The summed E-state index contributed by atoms with van der Waals surface area (Å²) in [5, 5.41) is 8.60. The van der Waals surface area contributed by atoms with E-state index in [-0.39, 0.29) is 23.1 Å². The molecular formula is C15H10F3N. The standard InChI is InChI=1S/C15H10F3N/c1-9-2-3-11(13(16)4-9)7-12-14(17)5-10(8-19)6-15(12)18/h2-6H,7H2,1H3. The normalized spacial score (nSPS) is 10.3. The first-order valence-corrected chi connectivity index (χ1v) is 5.64. The van der Waals surface area contributed by atoms with Gasteiger partial charge in [-0.15, -0.1) is 0 Å². The number of hydrogen-bond acceptors (Lipinski definition) is 1. The first kappa shape index (κ1) is 13.2. The Morgan fingerprint density at radius 3 is 2.16 bits per heavy atom. The monoisotopic (exact) mass is 261 g/mol. The third-order valence-corrected chi connectivity index (χ3v) is 2.85. The Morgan fingerprint density at radius 2 is 1.63 bits per heavy atom. The van der Waals surface area contributed by atoms with Gasteiger partial charge in [0.25, 0.3) is 0 Å². The topological polar surface area (TPSA) is 23.8 Å². The molecule has 0 saturated heterocycles. The molecule has 0 N–H and O–H groups in total. The third kappa shape index (κ3) is 2.76. The van der Waals surface area contributed by atoms with E-state index in [9.17, 15) is 13.2 Å². The van der Waals surface area contributed by atoms with Crippen molar-refractivity contribution in [3.05, 3.63) is 70.0 Å². The first-order chi connectivity index (χ1) is 9.01. The maximum atomic E-state index is 13.7. The van der Waals surface area contributed by atoms with Crippen molar-refractivity contribution in [3.8, 4) is 6.07 Å². The van der Waals surface area contributed by atoms with Crippen molar-refractivity contribution >= 4 is 0 Å². The summed E-state index contributed by atoms with van der Waals surface area (Å²) >= 11 is 0. The van der Waals surface area contributed by atoms with Crippen molar-refractivity contribution in [1.82, 2.24) is 0 Å². The van der Waals surface area contributed by atoms with Gasteiger partial charge in [-0.05, 0) is 36.2 Å². The summed E-state index contributed by atoms with van der Waals surface area (Å²) in [5.74, 6) is -2.17. The van der Waals surface area contributed by atoms with Gasteiger partial charge in [-0.1, -0.05) is 12.1 Å². The minimum absolute atomic E-state index is 0.0943. The summed E-state index contributed by atoms with van der Waals surface area (Å²) in [5.41, 5.74) is 0.625. The number of rotatable bonds is 2. The molecule has 19 heavy (non-hydrogen) atoms. The molecule has 4 heteroatoms. The number of nitriles is 1. The van der Waals surface area contributed by atoms with E-state index in [4.69, 9.17) is 5.26 Å². The van der Waals surface area contributed by atoms with Gasteiger partial charge < -0.3 is 0 Å². The molecule has 0 saturated carbocycles. The second kappa shape index (κ2) is 5.15. The van der Waals surface area contributed by atoms with Gasteiger partial charge in [-0.3, -0.25) is 0 Å². The van der Waals surface area contributed by atoms with Crippen molar-refractivity contribution < 1.29 is 13.2 Å². The van der Waals surface area contributed by atoms with Crippen LogP contribution >= 0.6 is 0 Å². The van der Waals surface area contributed by atoms with Gasteiger partial charge in [0, 0.05) is 12.0 Å². The molecule has 0 fully saturated rings. The van der Waals surface area contributed by atoms with Crippen LogP contribution in [0.1, 0.15) is 22.3 Å². The Balaban J connectivity index is 2.41. The number of hydrogen-bond donors (Lipinski definition) is 0. The zero-order valence-corrected chi connectivity index (χ0v) is 10.2. The molecule has 0 bridgehead atoms.